The van der Waals surface area contributed by atoms with Crippen LogP contribution in [0.15, 0.2) is 12.2 Å². The van der Waals surface area contributed by atoms with Crippen LogP contribution in [-0.4, -0.2) is 96.5 Å². The zero-order valence-corrected chi connectivity index (χ0v) is 21.3. The molecule has 0 aromatic heterocycles. The fourth-order valence-corrected chi connectivity index (χ4v) is 10.3. The van der Waals surface area contributed by atoms with E-state index in [0.717, 1.165) is 24.8 Å². The number of rotatable bonds is 0. The van der Waals surface area contributed by atoms with Gasteiger partial charge in [0, 0.05) is 17.8 Å². The first-order valence-corrected chi connectivity index (χ1v) is 13.5. The number of ether oxygens (including phenoxy) is 2. The normalized spacial score (nSPS) is 64.6. The molecular weight excluding hydrogens is 468 g/mol. The van der Waals surface area contributed by atoms with Crippen molar-refractivity contribution in [2.45, 2.75) is 107 Å². The van der Waals surface area contributed by atoms with Gasteiger partial charge < -0.3 is 45.2 Å². The first kappa shape index (κ1) is 25.6. The average Bonchev–Trinajstić information content (AvgIpc) is 3.29. The van der Waals surface area contributed by atoms with Crippen LogP contribution in [0, 0.1) is 40.4 Å². The van der Waals surface area contributed by atoms with E-state index in [4.69, 9.17) is 9.47 Å². The van der Waals surface area contributed by atoms with Crippen molar-refractivity contribution in [2.24, 2.45) is 40.4 Å². The summed E-state index contributed by atoms with van der Waals surface area (Å²) in [5, 5.41) is 77.5. The highest BCUT2D eigenvalue weighted by atomic mass is 16.7. The lowest BCUT2D eigenvalue weighted by Gasteiger charge is -2.69. The number of aliphatic hydroxyl groups is 7. The molecule has 7 N–H and O–H groups in total. The molecule has 6 fully saturated rings. The zero-order valence-electron chi connectivity index (χ0n) is 21.3. The lowest BCUT2D eigenvalue weighted by atomic mass is 9.40. The average molecular weight is 511 g/mol. The van der Waals surface area contributed by atoms with Gasteiger partial charge in [0.2, 0.25) is 0 Å². The highest BCUT2D eigenvalue weighted by Gasteiger charge is 2.78. The van der Waals surface area contributed by atoms with E-state index < -0.39 is 65.3 Å². The largest absolute Gasteiger partial charge is 0.390 e. The highest BCUT2D eigenvalue weighted by molar-refractivity contribution is 5.27. The van der Waals surface area contributed by atoms with E-state index in [0.29, 0.717) is 19.4 Å². The summed E-state index contributed by atoms with van der Waals surface area (Å²) in [6.45, 7) is 10.5. The van der Waals surface area contributed by atoms with Crippen molar-refractivity contribution in [3.63, 3.8) is 0 Å². The van der Waals surface area contributed by atoms with E-state index in [-0.39, 0.29) is 29.3 Å². The molecule has 2 saturated heterocycles. The molecule has 9 heteroatoms. The molecule has 0 aromatic carbocycles. The molecule has 4 aliphatic carbocycles. The van der Waals surface area contributed by atoms with Crippen LogP contribution in [0.4, 0.5) is 0 Å². The standard InChI is InChI=1S/C27H42O9/c1-11-5-8-26(35-10-11)12(2)17-15(36-26)9-14-16-13(6-7-24(14,17)3)25(4)21(31)19(29)20(30)23(33)27(25,34)22(32)18(16)28/h12-23,28-34H,1,5-10H2,2-4H3. The minimum absolute atomic E-state index is 0.0658. The highest BCUT2D eigenvalue weighted by Crippen LogP contribution is 2.71. The Morgan fingerprint density at radius 1 is 0.889 bits per heavy atom. The Morgan fingerprint density at radius 2 is 1.53 bits per heavy atom. The molecule has 9 nitrogen and oxygen atoms in total. The van der Waals surface area contributed by atoms with Crippen molar-refractivity contribution in [2.75, 3.05) is 6.61 Å². The second-order valence-electron chi connectivity index (χ2n) is 13.3. The maximum Gasteiger partial charge on any atom is 0.172 e. The lowest BCUT2D eigenvalue weighted by Crippen LogP contribution is -2.83. The summed E-state index contributed by atoms with van der Waals surface area (Å²) in [5.74, 6) is -1.38. The van der Waals surface area contributed by atoms with Gasteiger partial charge in [0.15, 0.2) is 5.79 Å². The topological polar surface area (TPSA) is 160 Å². The van der Waals surface area contributed by atoms with Crippen molar-refractivity contribution in [3.05, 3.63) is 12.2 Å². The van der Waals surface area contributed by atoms with Gasteiger partial charge in [0.25, 0.3) is 0 Å². The fourth-order valence-electron chi connectivity index (χ4n) is 10.3. The summed E-state index contributed by atoms with van der Waals surface area (Å²) in [6.07, 6.45) is -6.77. The van der Waals surface area contributed by atoms with Crippen LogP contribution in [0.2, 0.25) is 0 Å². The first-order valence-electron chi connectivity index (χ1n) is 13.5. The van der Waals surface area contributed by atoms with Crippen LogP contribution in [0.1, 0.15) is 52.9 Å². The third kappa shape index (κ3) is 2.72. The molecule has 0 bridgehead atoms. The predicted molar refractivity (Wildman–Crippen MR) is 126 cm³/mol. The zero-order chi connectivity index (χ0) is 26.2. The van der Waals surface area contributed by atoms with Crippen LogP contribution in [-0.2, 0) is 9.47 Å². The van der Waals surface area contributed by atoms with Gasteiger partial charge in [-0.2, -0.15) is 0 Å². The van der Waals surface area contributed by atoms with Gasteiger partial charge in [-0.3, -0.25) is 0 Å². The van der Waals surface area contributed by atoms with Crippen LogP contribution >= 0.6 is 0 Å². The summed E-state index contributed by atoms with van der Waals surface area (Å²) >= 11 is 0. The van der Waals surface area contributed by atoms with Crippen molar-refractivity contribution in [1.82, 2.24) is 0 Å². The molecule has 4 saturated carbocycles. The second kappa shape index (κ2) is 7.73. The van der Waals surface area contributed by atoms with Gasteiger partial charge in [-0.15, -0.1) is 0 Å². The predicted octanol–water partition coefficient (Wildman–Crippen LogP) is -0.317. The minimum Gasteiger partial charge on any atom is -0.390 e. The van der Waals surface area contributed by atoms with E-state index in [2.05, 4.69) is 20.4 Å². The number of hydrogen-bond donors (Lipinski definition) is 7. The Kier molecular flexibility index (Phi) is 5.51. The quantitative estimate of drug-likeness (QED) is 0.217. The molecule has 36 heavy (non-hydrogen) atoms. The van der Waals surface area contributed by atoms with Crippen LogP contribution in [0.5, 0.6) is 0 Å². The van der Waals surface area contributed by atoms with E-state index in [9.17, 15) is 35.7 Å². The lowest BCUT2D eigenvalue weighted by molar-refractivity contribution is -0.367. The fraction of sp³-hybridized carbons (Fsp3) is 0.926. The van der Waals surface area contributed by atoms with E-state index in [1.54, 1.807) is 6.92 Å². The van der Waals surface area contributed by atoms with E-state index >= 15 is 0 Å². The molecule has 6 aliphatic rings. The summed E-state index contributed by atoms with van der Waals surface area (Å²) in [6, 6.07) is 0. The molecule has 16 atom stereocenters. The first-order chi connectivity index (χ1) is 16.8. The molecule has 2 heterocycles. The molecule has 6 rings (SSSR count). The van der Waals surface area contributed by atoms with Crippen LogP contribution < -0.4 is 0 Å². The smallest absolute Gasteiger partial charge is 0.172 e. The van der Waals surface area contributed by atoms with Crippen LogP contribution in [0.25, 0.3) is 0 Å². The molecule has 0 radical (unpaired) electrons. The van der Waals surface area contributed by atoms with Crippen molar-refractivity contribution in [3.8, 4) is 0 Å². The molecule has 1 spiro atoms. The number of aliphatic hydroxyl groups excluding tert-OH is 6. The van der Waals surface area contributed by atoms with Gasteiger partial charge in [-0.25, -0.2) is 0 Å². The maximum atomic E-state index is 11.7. The Balaban J connectivity index is 1.37. The second-order valence-corrected chi connectivity index (χ2v) is 13.3. The monoisotopic (exact) mass is 510 g/mol. The molecule has 0 aromatic rings. The molecule has 16 unspecified atom stereocenters. The molecule has 0 amide bonds. The maximum absolute atomic E-state index is 11.7. The third-order valence-electron chi connectivity index (χ3n) is 12.2. The van der Waals surface area contributed by atoms with Gasteiger partial charge in [0.1, 0.15) is 30.0 Å². The van der Waals surface area contributed by atoms with Gasteiger partial charge >= 0.3 is 0 Å². The van der Waals surface area contributed by atoms with Gasteiger partial charge in [-0.1, -0.05) is 32.9 Å². The number of hydrogen-bond acceptors (Lipinski definition) is 9. The van der Waals surface area contributed by atoms with E-state index in [1.165, 1.54) is 0 Å². The summed E-state index contributed by atoms with van der Waals surface area (Å²) in [5.41, 5.74) is -3.10. The Labute approximate surface area is 211 Å². The Bertz CT molecular complexity index is 932. The molecular formula is C27H42O9. The summed E-state index contributed by atoms with van der Waals surface area (Å²) < 4.78 is 12.9. The van der Waals surface area contributed by atoms with Crippen LogP contribution in [0.3, 0.4) is 0 Å². The van der Waals surface area contributed by atoms with Crippen molar-refractivity contribution >= 4 is 0 Å². The third-order valence-corrected chi connectivity index (χ3v) is 12.2. The minimum atomic E-state index is -2.39. The Morgan fingerprint density at radius 3 is 2.17 bits per heavy atom. The molecule has 204 valence electrons. The number of fused-ring (bicyclic) bond motifs is 7. The van der Waals surface area contributed by atoms with Gasteiger partial charge in [0.05, 0.1) is 24.9 Å². The van der Waals surface area contributed by atoms with Crippen molar-refractivity contribution < 1.29 is 45.2 Å². The van der Waals surface area contributed by atoms with Gasteiger partial charge in [-0.05, 0) is 54.8 Å². The SMILES string of the molecule is C=C1CCC2(OC1)OC1CC3C4C(O)C(O)C5(O)C(O)C(O)C(O)C(O)C5(C)C4CCC3(C)C1C2C. The molecule has 2 aliphatic heterocycles. The Hall–Kier alpha value is -0.620. The summed E-state index contributed by atoms with van der Waals surface area (Å²) in [4.78, 5) is 0. The van der Waals surface area contributed by atoms with Crippen molar-refractivity contribution in [1.29, 1.82) is 0 Å². The summed E-state index contributed by atoms with van der Waals surface area (Å²) in [7, 11) is 0. The van der Waals surface area contributed by atoms with E-state index in [1.807, 2.05) is 0 Å².